The summed E-state index contributed by atoms with van der Waals surface area (Å²) >= 11 is 0. The van der Waals surface area contributed by atoms with Crippen LogP contribution in [0.3, 0.4) is 0 Å². The van der Waals surface area contributed by atoms with E-state index in [-0.39, 0.29) is 0 Å². The maximum atomic E-state index is 11.6. The van der Waals surface area contributed by atoms with E-state index in [9.17, 15) is 4.79 Å². The second-order valence-corrected chi connectivity index (χ2v) is 3.93. The van der Waals surface area contributed by atoms with Gasteiger partial charge < -0.3 is 5.32 Å². The number of carbonyl (C=O) groups excluding carboxylic acids is 1. The van der Waals surface area contributed by atoms with Crippen molar-refractivity contribution in [3.05, 3.63) is 35.9 Å². The van der Waals surface area contributed by atoms with Gasteiger partial charge in [-0.3, -0.25) is 4.79 Å². The van der Waals surface area contributed by atoms with Gasteiger partial charge in [0.25, 0.3) is 0 Å². The van der Waals surface area contributed by atoms with E-state index in [0.29, 0.717) is 18.1 Å². The lowest BCUT2D eigenvalue weighted by atomic mass is 9.94. The Kier molecular flexibility index (Phi) is 2.94. The van der Waals surface area contributed by atoms with Crippen LogP contribution in [0.2, 0.25) is 0 Å². The van der Waals surface area contributed by atoms with E-state index in [1.807, 2.05) is 30.3 Å². The van der Waals surface area contributed by atoms with Crippen molar-refractivity contribution < 1.29 is 4.79 Å². The second-order valence-electron chi connectivity index (χ2n) is 3.93. The Morgan fingerprint density at radius 3 is 2.57 bits per heavy atom. The minimum absolute atomic E-state index is 0.364. The SMILES string of the molecule is O=C(Cc1ccccc1)CC1CNC1. The molecule has 0 spiro atoms. The first kappa shape index (κ1) is 9.41. The molecule has 0 aliphatic carbocycles. The second kappa shape index (κ2) is 4.38. The number of benzene rings is 1. The lowest BCUT2D eigenvalue weighted by Gasteiger charge is -2.26. The maximum Gasteiger partial charge on any atom is 0.137 e. The molecule has 0 radical (unpaired) electrons. The number of nitrogens with one attached hydrogen (secondary N) is 1. The number of ketones is 1. The summed E-state index contributed by atoms with van der Waals surface area (Å²) in [5.41, 5.74) is 1.13. The van der Waals surface area contributed by atoms with Gasteiger partial charge in [0, 0.05) is 12.8 Å². The molecule has 2 heteroatoms. The zero-order valence-corrected chi connectivity index (χ0v) is 8.20. The molecule has 1 aliphatic heterocycles. The number of rotatable bonds is 4. The van der Waals surface area contributed by atoms with Crippen LogP contribution in [0.25, 0.3) is 0 Å². The highest BCUT2D eigenvalue weighted by Crippen LogP contribution is 2.11. The molecule has 74 valence electrons. The third-order valence-corrected chi connectivity index (χ3v) is 2.63. The quantitative estimate of drug-likeness (QED) is 0.776. The molecule has 1 aliphatic rings. The van der Waals surface area contributed by atoms with Crippen molar-refractivity contribution in [1.29, 1.82) is 0 Å². The molecule has 2 nitrogen and oxygen atoms in total. The smallest absolute Gasteiger partial charge is 0.137 e. The lowest BCUT2D eigenvalue weighted by Crippen LogP contribution is -2.43. The van der Waals surface area contributed by atoms with Gasteiger partial charge in [0.15, 0.2) is 0 Å². The summed E-state index contributed by atoms with van der Waals surface area (Å²) in [6, 6.07) is 9.96. The summed E-state index contributed by atoms with van der Waals surface area (Å²) in [4.78, 5) is 11.6. The monoisotopic (exact) mass is 189 g/mol. The lowest BCUT2D eigenvalue weighted by molar-refractivity contribution is -0.119. The topological polar surface area (TPSA) is 29.1 Å². The van der Waals surface area contributed by atoms with E-state index in [1.165, 1.54) is 0 Å². The van der Waals surface area contributed by atoms with E-state index < -0.39 is 0 Å². The first-order valence-corrected chi connectivity index (χ1v) is 5.11. The van der Waals surface area contributed by atoms with E-state index in [0.717, 1.165) is 25.1 Å². The summed E-state index contributed by atoms with van der Waals surface area (Å²) in [5, 5.41) is 3.18. The summed E-state index contributed by atoms with van der Waals surface area (Å²) in [6.45, 7) is 2.03. The van der Waals surface area contributed by atoms with E-state index in [4.69, 9.17) is 0 Å². The van der Waals surface area contributed by atoms with Crippen LogP contribution in [0.5, 0.6) is 0 Å². The Morgan fingerprint density at radius 1 is 1.29 bits per heavy atom. The molecule has 1 aromatic rings. The highest BCUT2D eigenvalue weighted by atomic mass is 16.1. The molecule has 0 saturated carbocycles. The molecule has 1 N–H and O–H groups in total. The fourth-order valence-corrected chi connectivity index (χ4v) is 1.71. The summed E-state index contributed by atoms with van der Waals surface area (Å²) in [5.74, 6) is 0.953. The normalized spacial score (nSPS) is 16.3. The molecule has 0 atom stereocenters. The number of Topliss-reactive ketones (excluding diaryl/α,β-unsaturated/α-hetero) is 1. The average molecular weight is 189 g/mol. The minimum Gasteiger partial charge on any atom is -0.316 e. The Hall–Kier alpha value is -1.15. The van der Waals surface area contributed by atoms with Gasteiger partial charge in [-0.25, -0.2) is 0 Å². The number of hydrogen-bond acceptors (Lipinski definition) is 2. The Bertz CT molecular complexity index is 303. The van der Waals surface area contributed by atoms with Crippen LogP contribution in [0.15, 0.2) is 30.3 Å². The molecule has 14 heavy (non-hydrogen) atoms. The maximum absolute atomic E-state index is 11.6. The molecular formula is C12H15NO. The molecule has 2 rings (SSSR count). The summed E-state index contributed by atoms with van der Waals surface area (Å²) in [6.07, 6.45) is 1.33. The van der Waals surface area contributed by atoms with Crippen molar-refractivity contribution in [3.8, 4) is 0 Å². The Morgan fingerprint density at radius 2 is 2.00 bits per heavy atom. The van der Waals surface area contributed by atoms with Crippen LogP contribution in [-0.2, 0) is 11.2 Å². The third-order valence-electron chi connectivity index (χ3n) is 2.63. The average Bonchev–Trinajstić information content (AvgIpc) is 2.13. The zero-order chi connectivity index (χ0) is 9.80. The fourth-order valence-electron chi connectivity index (χ4n) is 1.71. The van der Waals surface area contributed by atoms with E-state index in [1.54, 1.807) is 0 Å². The van der Waals surface area contributed by atoms with Crippen molar-refractivity contribution in [3.63, 3.8) is 0 Å². The Balaban J connectivity index is 1.82. The van der Waals surface area contributed by atoms with Crippen molar-refractivity contribution in [2.75, 3.05) is 13.1 Å². The van der Waals surface area contributed by atoms with Gasteiger partial charge in [-0.2, -0.15) is 0 Å². The van der Waals surface area contributed by atoms with Crippen LogP contribution in [0.4, 0.5) is 0 Å². The van der Waals surface area contributed by atoms with Gasteiger partial charge in [-0.15, -0.1) is 0 Å². The van der Waals surface area contributed by atoms with Crippen LogP contribution in [0.1, 0.15) is 12.0 Å². The van der Waals surface area contributed by atoms with Crippen molar-refractivity contribution in [2.24, 2.45) is 5.92 Å². The molecular weight excluding hydrogens is 174 g/mol. The highest BCUT2D eigenvalue weighted by molar-refractivity contribution is 5.81. The van der Waals surface area contributed by atoms with E-state index >= 15 is 0 Å². The Labute approximate surface area is 84.3 Å². The molecule has 0 aromatic heterocycles. The summed E-state index contributed by atoms with van der Waals surface area (Å²) < 4.78 is 0. The van der Waals surface area contributed by atoms with Crippen LogP contribution in [-0.4, -0.2) is 18.9 Å². The molecule has 0 amide bonds. The first-order valence-electron chi connectivity index (χ1n) is 5.11. The molecule has 1 fully saturated rings. The fraction of sp³-hybridized carbons (Fsp3) is 0.417. The number of hydrogen-bond donors (Lipinski definition) is 1. The highest BCUT2D eigenvalue weighted by Gasteiger charge is 2.19. The standard InChI is InChI=1S/C12H15NO/c14-12(7-11-8-13-9-11)6-10-4-2-1-3-5-10/h1-5,11,13H,6-9H2. The molecule has 1 saturated heterocycles. The van der Waals surface area contributed by atoms with Crippen molar-refractivity contribution in [1.82, 2.24) is 5.32 Å². The zero-order valence-electron chi connectivity index (χ0n) is 8.20. The molecule has 1 aromatic carbocycles. The minimum atomic E-state index is 0.364. The van der Waals surface area contributed by atoms with Gasteiger partial charge in [0.2, 0.25) is 0 Å². The van der Waals surface area contributed by atoms with Crippen LogP contribution < -0.4 is 5.32 Å². The van der Waals surface area contributed by atoms with Crippen molar-refractivity contribution >= 4 is 5.78 Å². The van der Waals surface area contributed by atoms with Gasteiger partial charge >= 0.3 is 0 Å². The number of carbonyl (C=O) groups is 1. The van der Waals surface area contributed by atoms with Crippen molar-refractivity contribution in [2.45, 2.75) is 12.8 Å². The predicted octanol–water partition coefficient (Wildman–Crippen LogP) is 1.41. The molecule has 0 unspecified atom stereocenters. The largest absolute Gasteiger partial charge is 0.316 e. The first-order chi connectivity index (χ1) is 6.84. The van der Waals surface area contributed by atoms with Crippen LogP contribution >= 0.6 is 0 Å². The third kappa shape index (κ3) is 2.42. The molecule has 0 bridgehead atoms. The molecule has 1 heterocycles. The van der Waals surface area contributed by atoms with Crippen LogP contribution in [0, 0.1) is 5.92 Å². The van der Waals surface area contributed by atoms with E-state index in [2.05, 4.69) is 5.32 Å². The van der Waals surface area contributed by atoms with Gasteiger partial charge in [0.1, 0.15) is 5.78 Å². The predicted molar refractivity (Wildman–Crippen MR) is 56.1 cm³/mol. The summed E-state index contributed by atoms with van der Waals surface area (Å²) in [7, 11) is 0. The van der Waals surface area contributed by atoms with Gasteiger partial charge in [-0.1, -0.05) is 30.3 Å². The van der Waals surface area contributed by atoms with Gasteiger partial charge in [-0.05, 0) is 24.6 Å². The van der Waals surface area contributed by atoms with Gasteiger partial charge in [0.05, 0.1) is 0 Å².